The summed E-state index contributed by atoms with van der Waals surface area (Å²) in [5.41, 5.74) is -0.444. The molecule has 4 unspecified atom stereocenters. The maximum Gasteiger partial charge on any atom is 0.125 e. The Morgan fingerprint density at radius 1 is 1.18 bits per heavy atom. The molecule has 4 heteroatoms. The van der Waals surface area contributed by atoms with Gasteiger partial charge in [-0.15, -0.1) is 0 Å². The number of rotatable bonds is 3. The first-order valence-electron chi connectivity index (χ1n) is 6.35. The molecule has 1 aliphatic heterocycles. The molecule has 4 atom stereocenters. The predicted molar refractivity (Wildman–Crippen MR) is 77.0 cm³/mol. The summed E-state index contributed by atoms with van der Waals surface area (Å²) in [5, 5.41) is 10.5. The molecule has 0 radical (unpaired) electrons. The third kappa shape index (κ3) is 3.14. The molecule has 0 aromatic carbocycles. The first kappa shape index (κ1) is 15.7. The van der Waals surface area contributed by atoms with E-state index >= 15 is 0 Å². The van der Waals surface area contributed by atoms with Crippen LogP contribution >= 0.6 is 23.0 Å². The Morgan fingerprint density at radius 2 is 1.71 bits per heavy atom. The molecular weight excluding hydrogens is 331 g/mol. The smallest absolute Gasteiger partial charge is 0.125 e. The molecule has 1 rings (SSSR count). The van der Waals surface area contributed by atoms with Gasteiger partial charge in [-0.3, -0.25) is 0 Å². The second-order valence-electron chi connectivity index (χ2n) is 6.25. The van der Waals surface area contributed by atoms with Crippen molar-refractivity contribution in [2.24, 2.45) is 17.8 Å². The van der Waals surface area contributed by atoms with Crippen molar-refractivity contribution in [3.8, 4) is 0 Å². The van der Waals surface area contributed by atoms with Crippen molar-refractivity contribution in [2.45, 2.75) is 65.5 Å². The van der Waals surface area contributed by atoms with Crippen LogP contribution in [0.4, 0.5) is 0 Å². The van der Waals surface area contributed by atoms with Gasteiger partial charge < -0.3 is 12.9 Å². The summed E-state index contributed by atoms with van der Waals surface area (Å²) in [6.45, 7) is 12.5. The molecule has 0 saturated carbocycles. The van der Waals surface area contributed by atoms with Gasteiger partial charge in [-0.05, 0) is 25.7 Å². The van der Waals surface area contributed by atoms with Gasteiger partial charge in [0.05, 0.1) is 17.8 Å². The Labute approximate surface area is 119 Å². The highest BCUT2D eigenvalue weighted by Gasteiger charge is 2.51. The summed E-state index contributed by atoms with van der Waals surface area (Å²) < 4.78 is 11.6. The van der Waals surface area contributed by atoms with Crippen molar-refractivity contribution in [3.05, 3.63) is 0 Å². The largest absolute Gasteiger partial charge is 0.390 e. The van der Waals surface area contributed by atoms with Crippen LogP contribution in [0.5, 0.6) is 0 Å². The van der Waals surface area contributed by atoms with E-state index in [1.807, 2.05) is 36.9 Å². The Bertz CT molecular complexity index is 253. The maximum atomic E-state index is 10.5. The zero-order valence-electron chi connectivity index (χ0n) is 11.6. The van der Waals surface area contributed by atoms with E-state index in [4.69, 9.17) is 7.80 Å². The average Bonchev–Trinajstić information content (AvgIpc) is 2.14. The molecule has 0 bridgehead atoms. The van der Waals surface area contributed by atoms with Gasteiger partial charge in [-0.25, -0.2) is 0 Å². The summed E-state index contributed by atoms with van der Waals surface area (Å²) in [5.74, 6) is 0.900. The van der Waals surface area contributed by atoms with Gasteiger partial charge in [-0.1, -0.05) is 27.7 Å². The van der Waals surface area contributed by atoms with E-state index in [1.54, 1.807) is 0 Å². The third-order valence-corrected chi connectivity index (χ3v) is 4.28. The number of hydrogen-bond acceptors (Lipinski definition) is 3. The van der Waals surface area contributed by atoms with E-state index in [1.165, 1.54) is 0 Å². The van der Waals surface area contributed by atoms with Gasteiger partial charge in [-0.2, -0.15) is 0 Å². The zero-order valence-corrected chi connectivity index (χ0v) is 13.8. The van der Waals surface area contributed by atoms with Crippen LogP contribution in [0.25, 0.3) is 0 Å². The quantitative estimate of drug-likeness (QED) is 0.790. The standard InChI is InChI=1S/C13H25IO3/c1-7(2)9-10(15)12(17-14)13(5,6)16-11(9)8(3)4/h7-12,15H,1-6H3. The summed E-state index contributed by atoms with van der Waals surface area (Å²) in [7, 11) is 0. The lowest BCUT2D eigenvalue weighted by atomic mass is 9.73. The zero-order chi connectivity index (χ0) is 13.4. The van der Waals surface area contributed by atoms with E-state index in [-0.39, 0.29) is 18.1 Å². The molecule has 1 fully saturated rings. The number of halogens is 1. The van der Waals surface area contributed by atoms with Crippen LogP contribution in [-0.2, 0) is 7.80 Å². The molecule has 1 aliphatic rings. The molecule has 0 aliphatic carbocycles. The van der Waals surface area contributed by atoms with Crippen molar-refractivity contribution >= 4 is 23.0 Å². The fraction of sp³-hybridized carbons (Fsp3) is 1.00. The van der Waals surface area contributed by atoms with Crippen molar-refractivity contribution in [1.82, 2.24) is 0 Å². The number of aliphatic hydroxyl groups excluding tert-OH is 1. The van der Waals surface area contributed by atoms with Gasteiger partial charge in [0, 0.05) is 5.92 Å². The molecule has 1 saturated heterocycles. The first-order chi connectivity index (χ1) is 7.72. The van der Waals surface area contributed by atoms with Gasteiger partial charge >= 0.3 is 0 Å². The van der Waals surface area contributed by atoms with Crippen molar-refractivity contribution in [2.75, 3.05) is 0 Å². The minimum Gasteiger partial charge on any atom is -0.390 e. The maximum absolute atomic E-state index is 10.5. The Kier molecular flexibility index (Phi) is 5.27. The lowest BCUT2D eigenvalue weighted by molar-refractivity contribution is -0.242. The molecule has 102 valence electrons. The summed E-state index contributed by atoms with van der Waals surface area (Å²) in [6, 6.07) is 0. The van der Waals surface area contributed by atoms with Crippen LogP contribution in [0.3, 0.4) is 0 Å². The predicted octanol–water partition coefficient (Wildman–Crippen LogP) is 3.19. The number of ether oxygens (including phenoxy) is 1. The summed E-state index contributed by atoms with van der Waals surface area (Å²) in [6.07, 6.45) is -0.656. The average molecular weight is 356 g/mol. The highest BCUT2D eigenvalue weighted by Crippen LogP contribution is 2.41. The van der Waals surface area contributed by atoms with Crippen molar-refractivity contribution in [3.63, 3.8) is 0 Å². The monoisotopic (exact) mass is 356 g/mol. The van der Waals surface area contributed by atoms with Crippen LogP contribution in [0.1, 0.15) is 41.5 Å². The van der Waals surface area contributed by atoms with E-state index in [9.17, 15) is 5.11 Å². The molecular formula is C13H25IO3. The lowest BCUT2D eigenvalue weighted by Gasteiger charge is -2.51. The van der Waals surface area contributed by atoms with Crippen molar-refractivity contribution < 1.29 is 12.9 Å². The lowest BCUT2D eigenvalue weighted by Crippen LogP contribution is -2.61. The van der Waals surface area contributed by atoms with Gasteiger partial charge in [0.25, 0.3) is 0 Å². The molecule has 0 aromatic rings. The normalized spacial score (nSPS) is 37.8. The first-order valence-corrected chi connectivity index (χ1v) is 7.23. The fourth-order valence-corrected chi connectivity index (χ4v) is 3.73. The topological polar surface area (TPSA) is 38.7 Å². The molecule has 0 aromatic heterocycles. The minimum absolute atomic E-state index is 0.0859. The molecule has 0 amide bonds. The molecule has 3 nitrogen and oxygen atoms in total. The number of hydrogen-bond donors (Lipinski definition) is 1. The molecule has 0 spiro atoms. The highest BCUT2D eigenvalue weighted by molar-refractivity contribution is 14.1. The van der Waals surface area contributed by atoms with Crippen LogP contribution in [0, 0.1) is 17.8 Å². The number of aliphatic hydroxyl groups is 1. The van der Waals surface area contributed by atoms with E-state index < -0.39 is 11.7 Å². The van der Waals surface area contributed by atoms with Crippen molar-refractivity contribution in [1.29, 1.82) is 0 Å². The molecule has 1 heterocycles. The minimum atomic E-state index is -0.469. The second kappa shape index (κ2) is 5.72. The third-order valence-electron chi connectivity index (χ3n) is 3.73. The Balaban J connectivity index is 3.03. The van der Waals surface area contributed by atoms with E-state index in [2.05, 4.69) is 27.7 Å². The van der Waals surface area contributed by atoms with Gasteiger partial charge in [0.15, 0.2) is 0 Å². The van der Waals surface area contributed by atoms with Crippen LogP contribution in [0.2, 0.25) is 0 Å². The molecule has 17 heavy (non-hydrogen) atoms. The van der Waals surface area contributed by atoms with Crippen LogP contribution in [-0.4, -0.2) is 29.0 Å². The summed E-state index contributed by atoms with van der Waals surface area (Å²) >= 11 is 1.87. The Morgan fingerprint density at radius 3 is 2.06 bits per heavy atom. The van der Waals surface area contributed by atoms with Crippen LogP contribution in [0.15, 0.2) is 0 Å². The SMILES string of the molecule is CC(C)C1OC(C)(C)C(OI)C(O)C1C(C)C. The molecule has 1 N–H and O–H groups in total. The highest BCUT2D eigenvalue weighted by atomic mass is 127. The van der Waals surface area contributed by atoms with Gasteiger partial charge in [0.1, 0.15) is 29.1 Å². The van der Waals surface area contributed by atoms with E-state index in [0.717, 1.165) is 0 Å². The van der Waals surface area contributed by atoms with Crippen LogP contribution < -0.4 is 0 Å². The van der Waals surface area contributed by atoms with E-state index in [0.29, 0.717) is 11.8 Å². The fourth-order valence-electron chi connectivity index (χ4n) is 2.82. The second-order valence-corrected chi connectivity index (χ2v) is 6.76. The summed E-state index contributed by atoms with van der Waals surface area (Å²) in [4.78, 5) is 0. The Hall–Kier alpha value is 0.610. The van der Waals surface area contributed by atoms with Gasteiger partial charge in [0.2, 0.25) is 0 Å².